The fourth-order valence-electron chi connectivity index (χ4n) is 3.12. The van der Waals surface area contributed by atoms with Crippen LogP contribution in [0.4, 0.5) is 0 Å². The van der Waals surface area contributed by atoms with E-state index >= 15 is 0 Å². The summed E-state index contributed by atoms with van der Waals surface area (Å²) in [6.07, 6.45) is 0. The van der Waals surface area contributed by atoms with Crippen LogP contribution in [0.3, 0.4) is 0 Å². The molecule has 1 N–H and O–H groups in total. The zero-order valence-electron chi connectivity index (χ0n) is 16.1. The molecular weight excluding hydrogens is 378 g/mol. The van der Waals surface area contributed by atoms with Gasteiger partial charge in [-0.2, -0.15) is 0 Å². The zero-order chi connectivity index (χ0) is 20.3. The quantitative estimate of drug-likeness (QED) is 0.686. The van der Waals surface area contributed by atoms with Crippen LogP contribution in [0.5, 0.6) is 5.75 Å². The summed E-state index contributed by atoms with van der Waals surface area (Å²) in [6, 6.07) is 10.7. The maximum Gasteiger partial charge on any atom is 0.260 e. The van der Waals surface area contributed by atoms with Crippen molar-refractivity contribution in [3.05, 3.63) is 68.7 Å². The third kappa shape index (κ3) is 4.34. The molecule has 7 heteroatoms. The molecule has 2 aromatic carbocycles. The Hall–Kier alpha value is -2.86. The number of ether oxygens (including phenoxy) is 1. The van der Waals surface area contributed by atoms with Crippen molar-refractivity contribution >= 4 is 28.4 Å². The monoisotopic (exact) mass is 399 g/mol. The van der Waals surface area contributed by atoms with Gasteiger partial charge >= 0.3 is 0 Å². The lowest BCUT2D eigenvalue weighted by Gasteiger charge is -2.21. The molecule has 0 spiro atoms. The lowest BCUT2D eigenvalue weighted by Crippen LogP contribution is -2.35. The molecule has 0 bridgehead atoms. The first-order valence-corrected chi connectivity index (χ1v) is 9.42. The molecule has 1 heterocycles. The number of carbonyl (C=O) groups is 1. The fourth-order valence-corrected chi connectivity index (χ4v) is 3.44. The van der Waals surface area contributed by atoms with Crippen molar-refractivity contribution in [3.63, 3.8) is 0 Å². The standard InChI is InChI=1S/C21H22ClN3O3/c1-4-25(11-18-23-17-8-6-5-7-16(17)21(27)24-18)19(26)12-28-20-13(2)9-15(22)10-14(20)3/h5-10H,4,11-12H2,1-3H3,(H,23,24,27). The summed E-state index contributed by atoms with van der Waals surface area (Å²) in [6.45, 7) is 6.22. The maximum atomic E-state index is 12.6. The molecule has 0 radical (unpaired) electrons. The largest absolute Gasteiger partial charge is 0.483 e. The molecule has 6 nitrogen and oxygen atoms in total. The first kappa shape index (κ1) is 19.9. The number of halogens is 1. The number of hydrogen-bond donors (Lipinski definition) is 1. The Morgan fingerprint density at radius 1 is 1.21 bits per heavy atom. The van der Waals surface area contributed by atoms with E-state index in [1.165, 1.54) is 0 Å². The fraction of sp³-hybridized carbons (Fsp3) is 0.286. The number of amides is 1. The van der Waals surface area contributed by atoms with Gasteiger partial charge in [0.1, 0.15) is 11.6 Å². The van der Waals surface area contributed by atoms with Crippen molar-refractivity contribution in [1.29, 1.82) is 0 Å². The Bertz CT molecular complexity index is 1050. The Kier molecular flexibility index (Phi) is 5.99. The van der Waals surface area contributed by atoms with Gasteiger partial charge in [0.25, 0.3) is 11.5 Å². The van der Waals surface area contributed by atoms with E-state index in [4.69, 9.17) is 16.3 Å². The van der Waals surface area contributed by atoms with Gasteiger partial charge in [-0.15, -0.1) is 0 Å². The van der Waals surface area contributed by atoms with Crippen LogP contribution in [0, 0.1) is 13.8 Å². The lowest BCUT2D eigenvalue weighted by atomic mass is 10.1. The number of likely N-dealkylation sites (N-methyl/N-ethyl adjacent to an activating group) is 1. The number of benzene rings is 2. The number of aromatic nitrogens is 2. The highest BCUT2D eigenvalue weighted by Gasteiger charge is 2.16. The third-order valence-corrected chi connectivity index (χ3v) is 4.72. The molecule has 0 saturated carbocycles. The van der Waals surface area contributed by atoms with Crippen molar-refractivity contribution < 1.29 is 9.53 Å². The number of nitrogens with one attached hydrogen (secondary N) is 1. The summed E-state index contributed by atoms with van der Waals surface area (Å²) in [5, 5.41) is 1.16. The normalized spacial score (nSPS) is 10.9. The molecule has 0 aliphatic carbocycles. The topological polar surface area (TPSA) is 75.3 Å². The van der Waals surface area contributed by atoms with Crippen molar-refractivity contribution in [2.45, 2.75) is 27.3 Å². The van der Waals surface area contributed by atoms with Gasteiger partial charge in [0.2, 0.25) is 0 Å². The maximum absolute atomic E-state index is 12.6. The van der Waals surface area contributed by atoms with Crippen LogP contribution in [-0.4, -0.2) is 33.9 Å². The smallest absolute Gasteiger partial charge is 0.260 e. The average Bonchev–Trinajstić information content (AvgIpc) is 2.65. The molecule has 0 atom stereocenters. The SMILES string of the molecule is CCN(Cc1nc2ccccc2c(=O)[nH]1)C(=O)COc1c(C)cc(Cl)cc1C. The van der Waals surface area contributed by atoms with E-state index in [1.807, 2.05) is 26.8 Å². The number of aromatic amines is 1. The second kappa shape index (κ2) is 8.44. The van der Waals surface area contributed by atoms with Crippen LogP contribution in [0.2, 0.25) is 5.02 Å². The summed E-state index contributed by atoms with van der Waals surface area (Å²) in [5.41, 5.74) is 2.14. The van der Waals surface area contributed by atoms with Crippen molar-refractivity contribution in [3.8, 4) is 5.75 Å². The molecule has 146 valence electrons. The van der Waals surface area contributed by atoms with Gasteiger partial charge in [0, 0.05) is 11.6 Å². The number of H-pyrrole nitrogens is 1. The summed E-state index contributed by atoms with van der Waals surface area (Å²) >= 11 is 6.04. The lowest BCUT2D eigenvalue weighted by molar-refractivity contribution is -0.133. The highest BCUT2D eigenvalue weighted by Crippen LogP contribution is 2.27. The van der Waals surface area contributed by atoms with E-state index in [-0.39, 0.29) is 24.6 Å². The van der Waals surface area contributed by atoms with Gasteiger partial charge in [0.15, 0.2) is 6.61 Å². The van der Waals surface area contributed by atoms with Crippen molar-refractivity contribution in [2.24, 2.45) is 0 Å². The summed E-state index contributed by atoms with van der Waals surface area (Å²) in [4.78, 5) is 33.7. The molecule has 0 aliphatic rings. The van der Waals surface area contributed by atoms with E-state index < -0.39 is 0 Å². The highest BCUT2D eigenvalue weighted by atomic mass is 35.5. The predicted molar refractivity (Wildman–Crippen MR) is 110 cm³/mol. The number of rotatable bonds is 6. The Morgan fingerprint density at radius 3 is 2.57 bits per heavy atom. The minimum absolute atomic E-state index is 0.102. The number of aryl methyl sites for hydroxylation is 2. The molecule has 3 rings (SSSR count). The van der Waals surface area contributed by atoms with Gasteiger partial charge in [-0.3, -0.25) is 9.59 Å². The average molecular weight is 400 g/mol. The number of para-hydroxylation sites is 1. The van der Waals surface area contributed by atoms with E-state index in [9.17, 15) is 9.59 Å². The number of carbonyl (C=O) groups excluding carboxylic acids is 1. The number of nitrogens with zero attached hydrogens (tertiary/aromatic N) is 2. The Morgan fingerprint density at radius 2 is 1.89 bits per heavy atom. The van der Waals surface area contributed by atoms with E-state index in [2.05, 4.69) is 9.97 Å². The molecule has 1 aromatic heterocycles. The highest BCUT2D eigenvalue weighted by molar-refractivity contribution is 6.30. The third-order valence-electron chi connectivity index (χ3n) is 4.50. The molecule has 1 amide bonds. The molecule has 0 unspecified atom stereocenters. The van der Waals surface area contributed by atoms with E-state index in [0.717, 1.165) is 11.1 Å². The van der Waals surface area contributed by atoms with Crippen LogP contribution < -0.4 is 10.3 Å². The van der Waals surface area contributed by atoms with Crippen molar-refractivity contribution in [2.75, 3.05) is 13.2 Å². The first-order valence-electron chi connectivity index (χ1n) is 9.04. The van der Waals surface area contributed by atoms with Crippen LogP contribution >= 0.6 is 11.6 Å². The molecule has 3 aromatic rings. The molecule has 0 saturated heterocycles. The Balaban J connectivity index is 1.73. The second-order valence-corrected chi connectivity index (χ2v) is 7.03. The molecule has 0 aliphatic heterocycles. The van der Waals surface area contributed by atoms with Gasteiger partial charge in [0.05, 0.1) is 17.4 Å². The Labute approximate surface area is 168 Å². The molecule has 28 heavy (non-hydrogen) atoms. The van der Waals surface area contributed by atoms with Crippen LogP contribution in [0.15, 0.2) is 41.2 Å². The van der Waals surface area contributed by atoms with Crippen LogP contribution in [0.1, 0.15) is 23.9 Å². The van der Waals surface area contributed by atoms with E-state index in [1.54, 1.807) is 35.2 Å². The van der Waals surface area contributed by atoms with Gasteiger partial charge in [-0.05, 0) is 56.2 Å². The minimum atomic E-state index is -0.215. The van der Waals surface area contributed by atoms with E-state index in [0.29, 0.717) is 34.0 Å². The molecular formula is C21H22ClN3O3. The van der Waals surface area contributed by atoms with Gasteiger partial charge < -0.3 is 14.6 Å². The predicted octanol–water partition coefficient (Wildman–Crippen LogP) is 3.62. The number of hydrogen-bond acceptors (Lipinski definition) is 4. The van der Waals surface area contributed by atoms with Crippen molar-refractivity contribution in [1.82, 2.24) is 14.9 Å². The summed E-state index contributed by atoms with van der Waals surface area (Å²) in [7, 11) is 0. The first-order chi connectivity index (χ1) is 13.4. The van der Waals surface area contributed by atoms with Gasteiger partial charge in [-0.1, -0.05) is 23.7 Å². The van der Waals surface area contributed by atoms with Crippen LogP contribution in [0.25, 0.3) is 10.9 Å². The van der Waals surface area contributed by atoms with Crippen LogP contribution in [-0.2, 0) is 11.3 Å². The summed E-state index contributed by atoms with van der Waals surface area (Å²) < 4.78 is 5.76. The minimum Gasteiger partial charge on any atom is -0.483 e. The summed E-state index contributed by atoms with van der Waals surface area (Å²) in [5.74, 6) is 0.913. The second-order valence-electron chi connectivity index (χ2n) is 6.60. The zero-order valence-corrected chi connectivity index (χ0v) is 16.8. The number of fused-ring (bicyclic) bond motifs is 1. The molecule has 0 fully saturated rings. The van der Waals surface area contributed by atoms with Gasteiger partial charge in [-0.25, -0.2) is 4.98 Å².